The molecule has 0 saturated carbocycles. The smallest absolute Gasteiger partial charge is 0.347 e. The number of benzene rings is 2. The van der Waals surface area contributed by atoms with Gasteiger partial charge in [-0.1, -0.05) is 29.3 Å². The van der Waals surface area contributed by atoms with Gasteiger partial charge in [-0.05, 0) is 49.6 Å². The van der Waals surface area contributed by atoms with Crippen LogP contribution in [0.2, 0.25) is 10.0 Å². The van der Waals surface area contributed by atoms with E-state index >= 15 is 0 Å². The quantitative estimate of drug-likeness (QED) is 0.527. The maximum absolute atomic E-state index is 12.0. The van der Waals surface area contributed by atoms with E-state index in [0.717, 1.165) is 4.90 Å². The number of carbonyl (C=O) groups is 2. The Hall–Kier alpha value is -1.89. The van der Waals surface area contributed by atoms with E-state index in [1.54, 1.807) is 30.0 Å². The summed E-state index contributed by atoms with van der Waals surface area (Å²) in [6, 6.07) is 12.0. The van der Waals surface area contributed by atoms with Gasteiger partial charge in [-0.25, -0.2) is 4.79 Å². The molecule has 0 aliphatic carbocycles. The summed E-state index contributed by atoms with van der Waals surface area (Å²) in [6.45, 7) is 1.09. The molecule has 0 spiro atoms. The first kappa shape index (κ1) is 20.4. The Kier molecular flexibility index (Phi) is 7.63. The summed E-state index contributed by atoms with van der Waals surface area (Å²) >= 11 is 13.4. The standard InChI is InChI=1S/C18H17Cl2NO4S/c1-11(25-16-7-6-12(19)8-15(16)20)18(23)24-10-17(22)21-13-4-3-5-14(9-13)26-2/h3-9,11H,10H2,1-2H3,(H,21,22). The van der Waals surface area contributed by atoms with Crippen LogP contribution in [-0.2, 0) is 14.3 Å². The van der Waals surface area contributed by atoms with Gasteiger partial charge in [-0.15, -0.1) is 11.8 Å². The fourth-order valence-corrected chi connectivity index (χ4v) is 2.87. The predicted octanol–water partition coefficient (Wildman–Crippen LogP) is 4.66. The van der Waals surface area contributed by atoms with Crippen LogP contribution >= 0.6 is 35.0 Å². The van der Waals surface area contributed by atoms with Crippen LogP contribution in [0, 0.1) is 0 Å². The van der Waals surface area contributed by atoms with E-state index in [2.05, 4.69) is 5.32 Å². The largest absolute Gasteiger partial charge is 0.477 e. The Morgan fingerprint density at radius 1 is 1.19 bits per heavy atom. The van der Waals surface area contributed by atoms with E-state index in [-0.39, 0.29) is 5.02 Å². The van der Waals surface area contributed by atoms with Gasteiger partial charge in [0.25, 0.3) is 5.91 Å². The van der Waals surface area contributed by atoms with Gasteiger partial charge < -0.3 is 14.8 Å². The minimum Gasteiger partial charge on any atom is -0.477 e. The molecule has 8 heteroatoms. The van der Waals surface area contributed by atoms with Crippen LogP contribution in [0.25, 0.3) is 0 Å². The molecule has 138 valence electrons. The van der Waals surface area contributed by atoms with E-state index in [1.165, 1.54) is 13.0 Å². The topological polar surface area (TPSA) is 64.6 Å². The average Bonchev–Trinajstić information content (AvgIpc) is 2.62. The minimum atomic E-state index is -0.929. The molecule has 0 bridgehead atoms. The Labute approximate surface area is 166 Å². The van der Waals surface area contributed by atoms with Crippen LogP contribution in [-0.4, -0.2) is 30.8 Å². The molecule has 0 saturated heterocycles. The molecule has 0 aromatic heterocycles. The van der Waals surface area contributed by atoms with E-state index < -0.39 is 24.6 Å². The molecule has 2 aromatic carbocycles. The minimum absolute atomic E-state index is 0.281. The molecule has 0 fully saturated rings. The van der Waals surface area contributed by atoms with Gasteiger partial charge in [-0.3, -0.25) is 4.79 Å². The summed E-state index contributed by atoms with van der Waals surface area (Å²) in [5.41, 5.74) is 0.634. The molecule has 1 unspecified atom stereocenters. The number of ether oxygens (including phenoxy) is 2. The van der Waals surface area contributed by atoms with Gasteiger partial charge >= 0.3 is 5.97 Å². The summed E-state index contributed by atoms with van der Waals surface area (Å²) in [7, 11) is 0. The molecule has 2 aromatic rings. The molecule has 1 atom stereocenters. The number of anilines is 1. The molecule has 26 heavy (non-hydrogen) atoms. The first-order valence-corrected chi connectivity index (χ1v) is 9.59. The molecule has 0 aliphatic heterocycles. The molecule has 5 nitrogen and oxygen atoms in total. The van der Waals surface area contributed by atoms with E-state index in [9.17, 15) is 9.59 Å². The lowest BCUT2D eigenvalue weighted by molar-refractivity contribution is -0.153. The number of esters is 1. The lowest BCUT2D eigenvalue weighted by Gasteiger charge is -2.15. The van der Waals surface area contributed by atoms with Crippen LogP contribution in [0.1, 0.15) is 6.92 Å². The second-order valence-corrected chi connectivity index (χ2v) is 6.95. The predicted molar refractivity (Wildman–Crippen MR) is 104 cm³/mol. The van der Waals surface area contributed by atoms with Gasteiger partial charge in [0.05, 0.1) is 5.02 Å². The SMILES string of the molecule is CSc1cccc(NC(=O)COC(=O)C(C)Oc2ccc(Cl)cc2Cl)c1. The molecule has 1 N–H and O–H groups in total. The van der Waals surface area contributed by atoms with Gasteiger partial charge in [-0.2, -0.15) is 0 Å². The van der Waals surface area contributed by atoms with Crippen LogP contribution in [0.3, 0.4) is 0 Å². The monoisotopic (exact) mass is 413 g/mol. The highest BCUT2D eigenvalue weighted by Gasteiger charge is 2.19. The Balaban J connectivity index is 1.83. The second-order valence-electron chi connectivity index (χ2n) is 5.22. The molecule has 0 aliphatic rings. The lowest BCUT2D eigenvalue weighted by Crippen LogP contribution is -2.29. The normalized spacial score (nSPS) is 11.5. The van der Waals surface area contributed by atoms with Gasteiger partial charge in [0, 0.05) is 15.6 Å². The number of hydrogen-bond donors (Lipinski definition) is 1. The molecular formula is C18H17Cl2NO4S. The van der Waals surface area contributed by atoms with Crippen molar-refractivity contribution in [3.05, 3.63) is 52.5 Å². The maximum atomic E-state index is 12.0. The van der Waals surface area contributed by atoms with Crippen molar-refractivity contribution in [1.82, 2.24) is 0 Å². The molecule has 1 amide bonds. The lowest BCUT2D eigenvalue weighted by atomic mass is 10.3. The summed E-state index contributed by atoms with van der Waals surface area (Å²) in [5, 5.41) is 3.41. The van der Waals surface area contributed by atoms with Crippen molar-refractivity contribution in [3.63, 3.8) is 0 Å². The summed E-state index contributed by atoms with van der Waals surface area (Å²) < 4.78 is 10.4. The van der Waals surface area contributed by atoms with Crippen LogP contribution in [0.4, 0.5) is 5.69 Å². The number of rotatable bonds is 7. The zero-order valence-corrected chi connectivity index (χ0v) is 16.5. The highest BCUT2D eigenvalue weighted by atomic mass is 35.5. The zero-order valence-electron chi connectivity index (χ0n) is 14.1. The average molecular weight is 414 g/mol. The number of halogens is 2. The van der Waals surface area contributed by atoms with Crippen LogP contribution in [0.15, 0.2) is 47.4 Å². The summed E-state index contributed by atoms with van der Waals surface area (Å²) in [4.78, 5) is 24.9. The van der Waals surface area contributed by atoms with E-state index in [1.807, 2.05) is 24.5 Å². The van der Waals surface area contributed by atoms with Crippen molar-refractivity contribution < 1.29 is 19.1 Å². The Morgan fingerprint density at radius 2 is 1.96 bits per heavy atom. The highest BCUT2D eigenvalue weighted by molar-refractivity contribution is 7.98. The fourth-order valence-electron chi connectivity index (χ4n) is 1.96. The van der Waals surface area contributed by atoms with Crippen molar-refractivity contribution >= 4 is 52.5 Å². The van der Waals surface area contributed by atoms with Crippen LogP contribution in [0.5, 0.6) is 5.75 Å². The molecule has 0 heterocycles. The molecule has 0 radical (unpaired) electrons. The third kappa shape index (κ3) is 6.12. The van der Waals surface area contributed by atoms with Gasteiger partial charge in [0.2, 0.25) is 0 Å². The fraction of sp³-hybridized carbons (Fsp3) is 0.222. The third-order valence-electron chi connectivity index (χ3n) is 3.23. The summed E-state index contributed by atoms with van der Waals surface area (Å²) in [6.07, 6.45) is 1.01. The Morgan fingerprint density at radius 3 is 2.65 bits per heavy atom. The van der Waals surface area contributed by atoms with Gasteiger partial charge in [0.1, 0.15) is 5.75 Å². The maximum Gasteiger partial charge on any atom is 0.347 e. The van der Waals surface area contributed by atoms with E-state index in [4.69, 9.17) is 32.7 Å². The number of nitrogens with one attached hydrogen (secondary N) is 1. The van der Waals surface area contributed by atoms with E-state index in [0.29, 0.717) is 16.5 Å². The van der Waals surface area contributed by atoms with Crippen molar-refractivity contribution in [2.45, 2.75) is 17.9 Å². The van der Waals surface area contributed by atoms with Crippen molar-refractivity contribution in [1.29, 1.82) is 0 Å². The van der Waals surface area contributed by atoms with Crippen LogP contribution < -0.4 is 10.1 Å². The van der Waals surface area contributed by atoms with Crippen molar-refractivity contribution in [2.24, 2.45) is 0 Å². The number of amides is 1. The number of hydrogen-bond acceptors (Lipinski definition) is 5. The molecule has 2 rings (SSSR count). The van der Waals surface area contributed by atoms with Crippen molar-refractivity contribution in [3.8, 4) is 5.75 Å². The number of carbonyl (C=O) groups excluding carboxylic acids is 2. The second kappa shape index (κ2) is 9.71. The number of thioether (sulfide) groups is 1. The first-order chi connectivity index (χ1) is 12.4. The zero-order chi connectivity index (χ0) is 19.1. The highest BCUT2D eigenvalue weighted by Crippen LogP contribution is 2.28. The molecular weight excluding hydrogens is 397 g/mol. The summed E-state index contributed by atoms with van der Waals surface area (Å²) in [5.74, 6) is -0.809. The van der Waals surface area contributed by atoms with Crippen molar-refractivity contribution in [2.75, 3.05) is 18.2 Å². The third-order valence-corrected chi connectivity index (χ3v) is 4.48. The Bertz CT molecular complexity index is 801. The first-order valence-electron chi connectivity index (χ1n) is 7.61. The van der Waals surface area contributed by atoms with Gasteiger partial charge in [0.15, 0.2) is 12.7 Å².